The molecule has 0 aliphatic heterocycles. The number of anilines is 1. The van der Waals surface area contributed by atoms with Gasteiger partial charge in [0.2, 0.25) is 0 Å². The Balaban J connectivity index is 2.08. The van der Waals surface area contributed by atoms with Gasteiger partial charge >= 0.3 is 0 Å². The van der Waals surface area contributed by atoms with E-state index in [4.69, 9.17) is 4.74 Å². The van der Waals surface area contributed by atoms with Crippen molar-refractivity contribution in [1.82, 2.24) is 5.32 Å². The minimum absolute atomic E-state index is 0.814. The lowest BCUT2D eigenvalue weighted by atomic mass is 10.2. The molecule has 1 aromatic carbocycles. The van der Waals surface area contributed by atoms with Crippen molar-refractivity contribution in [2.24, 2.45) is 0 Å². The molecule has 1 N–H and O–H groups in total. The Morgan fingerprint density at radius 3 is 2.68 bits per heavy atom. The summed E-state index contributed by atoms with van der Waals surface area (Å²) in [6.45, 7) is 8.98. The third kappa shape index (κ3) is 6.60. The molecule has 0 saturated heterocycles. The second-order valence-electron chi connectivity index (χ2n) is 4.92. The van der Waals surface area contributed by atoms with Crippen LogP contribution in [0.2, 0.25) is 0 Å². The first-order valence-electron chi connectivity index (χ1n) is 7.31. The van der Waals surface area contributed by atoms with Gasteiger partial charge in [-0.1, -0.05) is 31.5 Å². The molecule has 0 aromatic heterocycles. The monoisotopic (exact) mass is 264 g/mol. The number of rotatable bonds is 10. The smallest absolute Gasteiger partial charge is 0.0590 e. The average molecular weight is 264 g/mol. The fourth-order valence-corrected chi connectivity index (χ4v) is 1.98. The van der Waals surface area contributed by atoms with Crippen LogP contribution in [0.15, 0.2) is 24.3 Å². The summed E-state index contributed by atoms with van der Waals surface area (Å²) < 4.78 is 5.51. The van der Waals surface area contributed by atoms with Crippen molar-refractivity contribution in [3.63, 3.8) is 0 Å². The molecule has 0 heterocycles. The van der Waals surface area contributed by atoms with E-state index in [-0.39, 0.29) is 0 Å². The highest BCUT2D eigenvalue weighted by Crippen LogP contribution is 2.16. The highest BCUT2D eigenvalue weighted by atomic mass is 16.5. The van der Waals surface area contributed by atoms with Crippen molar-refractivity contribution in [2.45, 2.75) is 26.7 Å². The van der Waals surface area contributed by atoms with E-state index in [1.165, 1.54) is 17.7 Å². The van der Waals surface area contributed by atoms with Crippen molar-refractivity contribution >= 4 is 5.69 Å². The number of benzene rings is 1. The number of aryl methyl sites for hydroxylation is 1. The number of likely N-dealkylation sites (N-methyl/N-ethyl adjacent to an activating group) is 1. The lowest BCUT2D eigenvalue weighted by molar-refractivity contribution is 0.133. The van der Waals surface area contributed by atoms with Gasteiger partial charge in [-0.15, -0.1) is 0 Å². The molecule has 0 amide bonds. The van der Waals surface area contributed by atoms with Gasteiger partial charge in [0.15, 0.2) is 0 Å². The highest BCUT2D eigenvalue weighted by Gasteiger charge is 2.02. The van der Waals surface area contributed by atoms with Gasteiger partial charge < -0.3 is 15.0 Å². The summed E-state index contributed by atoms with van der Waals surface area (Å²) >= 11 is 0. The molecule has 0 aliphatic carbocycles. The lowest BCUT2D eigenvalue weighted by Crippen LogP contribution is -2.31. The van der Waals surface area contributed by atoms with Gasteiger partial charge in [0, 0.05) is 39.0 Å². The van der Waals surface area contributed by atoms with Gasteiger partial charge in [0.1, 0.15) is 0 Å². The maximum atomic E-state index is 5.51. The van der Waals surface area contributed by atoms with E-state index in [2.05, 4.69) is 55.4 Å². The van der Waals surface area contributed by atoms with Crippen LogP contribution in [-0.2, 0) is 4.74 Å². The van der Waals surface area contributed by atoms with E-state index in [1.807, 2.05) is 0 Å². The van der Waals surface area contributed by atoms with Gasteiger partial charge in [-0.3, -0.25) is 0 Å². The zero-order chi connectivity index (χ0) is 13.9. The maximum Gasteiger partial charge on any atom is 0.0590 e. The zero-order valence-corrected chi connectivity index (χ0v) is 12.6. The third-order valence-electron chi connectivity index (χ3n) is 3.22. The molecule has 0 radical (unpaired) electrons. The topological polar surface area (TPSA) is 24.5 Å². The molecule has 108 valence electrons. The number of para-hydroxylation sites is 1. The summed E-state index contributed by atoms with van der Waals surface area (Å²) in [5.74, 6) is 0. The molecule has 0 atom stereocenters. The first-order valence-corrected chi connectivity index (χ1v) is 7.31. The molecule has 0 aliphatic rings. The number of unbranched alkanes of at least 4 members (excludes halogenated alkanes) is 1. The molecule has 0 saturated carbocycles. The molecule has 0 fully saturated rings. The summed E-state index contributed by atoms with van der Waals surface area (Å²) in [5, 5.41) is 3.42. The fraction of sp³-hybridized carbons (Fsp3) is 0.625. The number of hydrogen-bond donors (Lipinski definition) is 1. The first kappa shape index (κ1) is 16.0. The summed E-state index contributed by atoms with van der Waals surface area (Å²) in [6, 6.07) is 8.50. The Morgan fingerprint density at radius 2 is 1.95 bits per heavy atom. The van der Waals surface area contributed by atoms with Crippen LogP contribution in [0.3, 0.4) is 0 Å². The minimum Gasteiger partial charge on any atom is -0.380 e. The van der Waals surface area contributed by atoms with Gasteiger partial charge in [-0.2, -0.15) is 0 Å². The molecular weight excluding hydrogens is 236 g/mol. The Kier molecular flexibility index (Phi) is 8.26. The Labute approximate surface area is 118 Å². The van der Waals surface area contributed by atoms with Crippen LogP contribution in [0.25, 0.3) is 0 Å². The van der Waals surface area contributed by atoms with Gasteiger partial charge in [0.05, 0.1) is 6.61 Å². The molecule has 0 unspecified atom stereocenters. The second kappa shape index (κ2) is 9.82. The highest BCUT2D eigenvalue weighted by molar-refractivity contribution is 5.52. The number of hydrogen-bond acceptors (Lipinski definition) is 3. The fourth-order valence-electron chi connectivity index (χ4n) is 1.98. The maximum absolute atomic E-state index is 5.51. The summed E-state index contributed by atoms with van der Waals surface area (Å²) in [6.07, 6.45) is 2.37. The van der Waals surface area contributed by atoms with Crippen molar-refractivity contribution in [3.05, 3.63) is 29.8 Å². The van der Waals surface area contributed by atoms with Crippen molar-refractivity contribution in [1.29, 1.82) is 0 Å². The number of ether oxygens (including phenoxy) is 1. The Hall–Kier alpha value is -1.06. The average Bonchev–Trinajstić information content (AvgIpc) is 2.42. The van der Waals surface area contributed by atoms with Gasteiger partial charge in [-0.05, 0) is 25.0 Å². The van der Waals surface area contributed by atoms with Crippen LogP contribution >= 0.6 is 0 Å². The molecular formula is C16H28N2O. The predicted molar refractivity (Wildman–Crippen MR) is 83.0 cm³/mol. The molecule has 1 rings (SSSR count). The van der Waals surface area contributed by atoms with E-state index in [9.17, 15) is 0 Å². The first-order chi connectivity index (χ1) is 9.25. The van der Waals surface area contributed by atoms with Crippen molar-refractivity contribution in [2.75, 3.05) is 44.8 Å². The normalized spacial score (nSPS) is 10.7. The van der Waals surface area contributed by atoms with Crippen LogP contribution in [0, 0.1) is 6.92 Å². The summed E-state index contributed by atoms with van der Waals surface area (Å²) in [5.41, 5.74) is 2.64. The molecule has 19 heavy (non-hydrogen) atoms. The van der Waals surface area contributed by atoms with E-state index < -0.39 is 0 Å². The zero-order valence-electron chi connectivity index (χ0n) is 12.6. The number of nitrogens with one attached hydrogen (secondary N) is 1. The van der Waals surface area contributed by atoms with E-state index in [1.54, 1.807) is 0 Å². The van der Waals surface area contributed by atoms with Gasteiger partial charge in [0.25, 0.3) is 0 Å². The predicted octanol–water partition coefficient (Wildman–Crippen LogP) is 2.84. The second-order valence-corrected chi connectivity index (χ2v) is 4.92. The van der Waals surface area contributed by atoms with Crippen LogP contribution in [0.5, 0.6) is 0 Å². The van der Waals surface area contributed by atoms with Crippen LogP contribution < -0.4 is 10.2 Å². The van der Waals surface area contributed by atoms with Crippen molar-refractivity contribution < 1.29 is 4.74 Å². The minimum atomic E-state index is 0.814. The Bertz CT molecular complexity index is 341. The molecule has 0 bridgehead atoms. The largest absolute Gasteiger partial charge is 0.380 e. The summed E-state index contributed by atoms with van der Waals surface area (Å²) in [7, 11) is 2.14. The Morgan fingerprint density at radius 1 is 1.16 bits per heavy atom. The molecule has 0 spiro atoms. The SMILES string of the molecule is CCCCOCCNCCN(C)c1ccccc1C. The third-order valence-corrected chi connectivity index (χ3v) is 3.22. The van der Waals surface area contributed by atoms with E-state index in [0.29, 0.717) is 0 Å². The van der Waals surface area contributed by atoms with Crippen LogP contribution in [0.1, 0.15) is 25.3 Å². The van der Waals surface area contributed by atoms with Crippen molar-refractivity contribution in [3.8, 4) is 0 Å². The van der Waals surface area contributed by atoms with Gasteiger partial charge in [-0.25, -0.2) is 0 Å². The lowest BCUT2D eigenvalue weighted by Gasteiger charge is -2.21. The molecule has 3 nitrogen and oxygen atoms in total. The van der Waals surface area contributed by atoms with E-state index >= 15 is 0 Å². The quantitative estimate of drug-likeness (QED) is 0.658. The number of nitrogens with zero attached hydrogens (tertiary/aromatic N) is 1. The van der Waals surface area contributed by atoms with E-state index in [0.717, 1.165) is 39.3 Å². The molecule has 3 heteroatoms. The van der Waals surface area contributed by atoms with Crippen LogP contribution in [0.4, 0.5) is 5.69 Å². The molecule has 1 aromatic rings. The summed E-state index contributed by atoms with van der Waals surface area (Å²) in [4.78, 5) is 2.29. The standard InChI is InChI=1S/C16H28N2O/c1-4-5-13-19-14-11-17-10-12-18(3)16-9-7-6-8-15(16)2/h6-9,17H,4-5,10-14H2,1-3H3. The van der Waals surface area contributed by atoms with Crippen LogP contribution in [-0.4, -0.2) is 39.9 Å².